The van der Waals surface area contributed by atoms with E-state index in [0.29, 0.717) is 6.61 Å². The molecule has 2 N–H and O–H groups in total. The minimum absolute atomic E-state index is 0.154. The number of nitrogens with zero attached hydrogens (tertiary/aromatic N) is 2. The lowest BCUT2D eigenvalue weighted by Crippen LogP contribution is -2.50. The summed E-state index contributed by atoms with van der Waals surface area (Å²) in [4.78, 5) is 6.58. The highest BCUT2D eigenvalue weighted by atomic mass is 16.5. The van der Waals surface area contributed by atoms with Crippen LogP contribution in [0.2, 0.25) is 0 Å². The first-order chi connectivity index (χ1) is 8.18. The van der Waals surface area contributed by atoms with Crippen molar-refractivity contribution < 1.29 is 4.74 Å². The number of ether oxygens (including phenoxy) is 1. The van der Waals surface area contributed by atoms with E-state index in [4.69, 9.17) is 10.5 Å². The molecule has 17 heavy (non-hydrogen) atoms. The third-order valence-corrected chi connectivity index (χ3v) is 3.19. The van der Waals surface area contributed by atoms with Gasteiger partial charge in [-0.3, -0.25) is 4.98 Å². The van der Waals surface area contributed by atoms with E-state index in [9.17, 15) is 0 Å². The third-order valence-electron chi connectivity index (χ3n) is 3.19. The van der Waals surface area contributed by atoms with Crippen LogP contribution in [0.25, 0.3) is 0 Å². The first-order valence-electron chi connectivity index (χ1n) is 6.13. The van der Waals surface area contributed by atoms with Crippen molar-refractivity contribution in [2.45, 2.75) is 18.4 Å². The molecular formula is C13H21N3O. The zero-order valence-corrected chi connectivity index (χ0v) is 10.4. The summed E-state index contributed by atoms with van der Waals surface area (Å²) in [5.74, 6) is 0. The molecule has 1 saturated heterocycles. The summed E-state index contributed by atoms with van der Waals surface area (Å²) in [6, 6.07) is 6.03. The van der Waals surface area contributed by atoms with E-state index >= 15 is 0 Å². The van der Waals surface area contributed by atoms with Crippen molar-refractivity contribution in [3.63, 3.8) is 0 Å². The first-order valence-corrected chi connectivity index (χ1v) is 6.13. The predicted octanol–water partition coefficient (Wildman–Crippen LogP) is 0.674. The second-order valence-corrected chi connectivity index (χ2v) is 4.97. The van der Waals surface area contributed by atoms with Crippen molar-refractivity contribution >= 4 is 0 Å². The highest BCUT2D eigenvalue weighted by molar-refractivity contribution is 5.03. The van der Waals surface area contributed by atoms with E-state index in [0.717, 1.165) is 38.2 Å². The monoisotopic (exact) mass is 235 g/mol. The van der Waals surface area contributed by atoms with Crippen molar-refractivity contribution in [2.24, 2.45) is 5.73 Å². The zero-order chi connectivity index (χ0) is 12.1. The van der Waals surface area contributed by atoms with E-state index in [2.05, 4.69) is 23.0 Å². The zero-order valence-electron chi connectivity index (χ0n) is 10.4. The lowest BCUT2D eigenvalue weighted by molar-refractivity contribution is 0.161. The smallest absolute Gasteiger partial charge is 0.0659 e. The van der Waals surface area contributed by atoms with E-state index in [1.165, 1.54) is 0 Å². The molecule has 1 aliphatic heterocycles. The summed E-state index contributed by atoms with van der Waals surface area (Å²) >= 11 is 0. The maximum absolute atomic E-state index is 6.25. The van der Waals surface area contributed by atoms with Gasteiger partial charge in [-0.2, -0.15) is 0 Å². The van der Waals surface area contributed by atoms with E-state index < -0.39 is 0 Å². The molecule has 0 saturated carbocycles. The predicted molar refractivity (Wildman–Crippen MR) is 67.8 cm³/mol. The van der Waals surface area contributed by atoms with Crippen molar-refractivity contribution in [3.8, 4) is 0 Å². The Hall–Kier alpha value is -0.970. The molecule has 4 nitrogen and oxygen atoms in total. The molecule has 1 aliphatic rings. The van der Waals surface area contributed by atoms with Gasteiger partial charge >= 0.3 is 0 Å². The quantitative estimate of drug-likeness (QED) is 0.815. The van der Waals surface area contributed by atoms with Gasteiger partial charge in [-0.1, -0.05) is 6.07 Å². The summed E-state index contributed by atoms with van der Waals surface area (Å²) in [5, 5.41) is 0. The molecule has 0 radical (unpaired) electrons. The number of aromatic nitrogens is 1. The Morgan fingerprint density at radius 3 is 3.06 bits per heavy atom. The summed E-state index contributed by atoms with van der Waals surface area (Å²) < 4.78 is 5.36. The lowest BCUT2D eigenvalue weighted by Gasteiger charge is -2.28. The molecule has 1 atom stereocenters. The number of nitrogens with two attached hydrogens (primary N) is 1. The summed E-state index contributed by atoms with van der Waals surface area (Å²) in [6.07, 6.45) is 3.76. The molecule has 94 valence electrons. The average Bonchev–Trinajstić information content (AvgIpc) is 2.74. The lowest BCUT2D eigenvalue weighted by atomic mass is 10.00. The van der Waals surface area contributed by atoms with Crippen LogP contribution in [0.3, 0.4) is 0 Å². The Morgan fingerprint density at radius 2 is 2.41 bits per heavy atom. The molecule has 0 amide bonds. The van der Waals surface area contributed by atoms with Gasteiger partial charge in [-0.25, -0.2) is 0 Å². The van der Waals surface area contributed by atoms with Gasteiger partial charge < -0.3 is 15.4 Å². The van der Waals surface area contributed by atoms with Gasteiger partial charge in [0, 0.05) is 38.0 Å². The molecule has 2 rings (SSSR count). The van der Waals surface area contributed by atoms with Crippen molar-refractivity contribution in [1.82, 2.24) is 9.88 Å². The fourth-order valence-electron chi connectivity index (χ4n) is 2.22. The number of likely N-dealkylation sites (N-methyl/N-ethyl adjacent to an activating group) is 1. The Bertz CT molecular complexity index is 336. The third kappa shape index (κ3) is 3.77. The Morgan fingerprint density at radius 1 is 1.53 bits per heavy atom. The molecule has 0 aliphatic carbocycles. The normalized spacial score (nSPS) is 24.4. The van der Waals surface area contributed by atoms with Gasteiger partial charge in [0.25, 0.3) is 0 Å². The minimum atomic E-state index is -0.154. The maximum atomic E-state index is 6.25. The van der Waals surface area contributed by atoms with Crippen molar-refractivity contribution in [2.75, 3.05) is 33.4 Å². The molecule has 0 spiro atoms. The molecule has 1 unspecified atom stereocenters. The van der Waals surface area contributed by atoms with E-state index in [-0.39, 0.29) is 5.54 Å². The van der Waals surface area contributed by atoms with Crippen LogP contribution in [-0.4, -0.2) is 48.8 Å². The van der Waals surface area contributed by atoms with Crippen LogP contribution in [0, 0.1) is 0 Å². The number of pyridine rings is 1. The summed E-state index contributed by atoms with van der Waals surface area (Å²) in [7, 11) is 2.11. The van der Waals surface area contributed by atoms with Crippen LogP contribution in [-0.2, 0) is 11.2 Å². The van der Waals surface area contributed by atoms with Crippen molar-refractivity contribution in [3.05, 3.63) is 30.1 Å². The molecule has 1 aromatic rings. The topological polar surface area (TPSA) is 51.4 Å². The van der Waals surface area contributed by atoms with Gasteiger partial charge in [-0.05, 0) is 25.6 Å². The standard InChI is InChI=1S/C13H21N3O/c1-16(10-13(14)6-9-17-11-13)8-5-12-4-2-3-7-15-12/h2-4,7H,5-6,8-11,14H2,1H3. The van der Waals surface area contributed by atoms with Crippen molar-refractivity contribution in [1.29, 1.82) is 0 Å². The average molecular weight is 235 g/mol. The van der Waals surface area contributed by atoms with E-state index in [1.54, 1.807) is 0 Å². The molecule has 0 aromatic carbocycles. The van der Waals surface area contributed by atoms with Crippen LogP contribution >= 0.6 is 0 Å². The Labute approximate surface area is 103 Å². The molecule has 2 heterocycles. The highest BCUT2D eigenvalue weighted by Crippen LogP contribution is 2.16. The largest absolute Gasteiger partial charge is 0.379 e. The summed E-state index contributed by atoms with van der Waals surface area (Å²) in [5.41, 5.74) is 7.23. The van der Waals surface area contributed by atoms with Crippen LogP contribution < -0.4 is 5.73 Å². The van der Waals surface area contributed by atoms with Crippen LogP contribution in [0.15, 0.2) is 24.4 Å². The van der Waals surface area contributed by atoms with Crippen LogP contribution in [0.1, 0.15) is 12.1 Å². The van der Waals surface area contributed by atoms with Gasteiger partial charge in [0.15, 0.2) is 0 Å². The Balaban J connectivity index is 1.76. The second kappa shape index (κ2) is 5.58. The van der Waals surface area contributed by atoms with Gasteiger partial charge in [0.2, 0.25) is 0 Å². The number of rotatable bonds is 5. The molecular weight excluding hydrogens is 214 g/mol. The summed E-state index contributed by atoms with van der Waals surface area (Å²) in [6.45, 7) is 3.35. The molecule has 4 heteroatoms. The number of hydrogen-bond donors (Lipinski definition) is 1. The molecule has 0 bridgehead atoms. The van der Waals surface area contributed by atoms with Crippen LogP contribution in [0.5, 0.6) is 0 Å². The first kappa shape index (κ1) is 12.5. The maximum Gasteiger partial charge on any atom is 0.0659 e. The molecule has 1 fully saturated rings. The fourth-order valence-corrected chi connectivity index (χ4v) is 2.22. The van der Waals surface area contributed by atoms with E-state index in [1.807, 2.05) is 18.3 Å². The highest BCUT2D eigenvalue weighted by Gasteiger charge is 2.31. The second-order valence-electron chi connectivity index (χ2n) is 4.97. The molecule has 1 aromatic heterocycles. The van der Waals surface area contributed by atoms with Crippen LogP contribution in [0.4, 0.5) is 0 Å². The Kier molecular flexibility index (Phi) is 4.10. The number of hydrogen-bond acceptors (Lipinski definition) is 4. The van der Waals surface area contributed by atoms with Gasteiger partial charge in [0.1, 0.15) is 0 Å². The fraction of sp³-hybridized carbons (Fsp3) is 0.615. The SMILES string of the molecule is CN(CCc1ccccn1)CC1(N)CCOC1. The van der Waals surface area contributed by atoms with Gasteiger partial charge in [0.05, 0.1) is 12.1 Å². The minimum Gasteiger partial charge on any atom is -0.379 e. The van der Waals surface area contributed by atoms with Gasteiger partial charge in [-0.15, -0.1) is 0 Å².